The number of hydrogen-bond acceptors (Lipinski definition) is 5. The molecule has 1 aromatic carbocycles. The van der Waals surface area contributed by atoms with Crippen LogP contribution in [0.15, 0.2) is 24.3 Å². The topological polar surface area (TPSA) is 96.3 Å². The summed E-state index contributed by atoms with van der Waals surface area (Å²) in [5.41, 5.74) is 1.61. The number of aliphatic carboxylic acids is 2. The van der Waals surface area contributed by atoms with E-state index in [1.807, 2.05) is 6.07 Å². The van der Waals surface area contributed by atoms with Crippen LogP contribution >= 0.6 is 0 Å². The predicted octanol–water partition coefficient (Wildman–Crippen LogP) is 3.06. The summed E-state index contributed by atoms with van der Waals surface area (Å²) >= 11 is 0. The summed E-state index contributed by atoms with van der Waals surface area (Å²) in [5, 5.41) is 15.6. The second-order valence-corrected chi connectivity index (χ2v) is 8.55. The number of carboxylic acids is 2. The van der Waals surface area contributed by atoms with Gasteiger partial charge in [0.25, 0.3) is 0 Å². The number of carboxylic acid groups (broad SMARTS) is 2. The predicted molar refractivity (Wildman–Crippen MR) is 109 cm³/mol. The number of ether oxygens (including phenoxy) is 2. The number of likely N-dealkylation sites (N-methyl/N-ethyl adjacent to an activating group) is 1. The van der Waals surface area contributed by atoms with Crippen LogP contribution in [0, 0.1) is 11.2 Å². The first-order valence-corrected chi connectivity index (χ1v) is 9.76. The molecule has 1 aliphatic heterocycles. The summed E-state index contributed by atoms with van der Waals surface area (Å²) < 4.78 is 26.2. The van der Waals surface area contributed by atoms with Gasteiger partial charge in [-0.25, -0.2) is 14.0 Å². The van der Waals surface area contributed by atoms with Crippen LogP contribution in [-0.2, 0) is 26.3 Å². The van der Waals surface area contributed by atoms with E-state index in [4.69, 9.17) is 19.7 Å². The summed E-state index contributed by atoms with van der Waals surface area (Å²) in [4.78, 5) is 21.3. The van der Waals surface area contributed by atoms with Crippen molar-refractivity contribution < 1.29 is 33.7 Å². The van der Waals surface area contributed by atoms with Crippen molar-refractivity contribution in [2.45, 2.75) is 44.8 Å². The largest absolute Gasteiger partial charge is 0.493 e. The minimum absolute atomic E-state index is 0.0581. The molecule has 1 aliphatic carbocycles. The Labute approximate surface area is 176 Å². The van der Waals surface area contributed by atoms with Crippen molar-refractivity contribution in [3.05, 3.63) is 41.2 Å². The van der Waals surface area contributed by atoms with E-state index >= 15 is 0 Å². The average molecular weight is 423 g/mol. The number of rotatable bonds is 5. The summed E-state index contributed by atoms with van der Waals surface area (Å²) in [5.74, 6) is -2.44. The fourth-order valence-corrected chi connectivity index (χ4v) is 4.47. The number of carbonyl (C=O) groups is 2. The van der Waals surface area contributed by atoms with E-state index < -0.39 is 17.5 Å². The Kier molecular flexibility index (Phi) is 7.26. The lowest BCUT2D eigenvalue weighted by Gasteiger charge is -2.39. The molecule has 2 unspecified atom stereocenters. The SMILES string of the molecule is COc1c(F)ccc2c1C1(CCC(CN(C)C)O1)C(C)(C)C2.O=C(O)/C=C/C(=O)O. The summed E-state index contributed by atoms with van der Waals surface area (Å²) in [6.07, 6.45) is 4.12. The Bertz CT molecular complexity index is 819. The van der Waals surface area contributed by atoms with E-state index in [9.17, 15) is 14.0 Å². The quantitative estimate of drug-likeness (QED) is 0.703. The van der Waals surface area contributed by atoms with Gasteiger partial charge in [-0.1, -0.05) is 19.9 Å². The lowest BCUT2D eigenvalue weighted by Crippen LogP contribution is -2.40. The van der Waals surface area contributed by atoms with Gasteiger partial charge in [0.05, 0.1) is 13.2 Å². The zero-order chi connectivity index (χ0) is 22.7. The number of benzene rings is 1. The molecule has 1 spiro atoms. The third-order valence-electron chi connectivity index (χ3n) is 5.65. The Balaban J connectivity index is 0.000000343. The van der Waals surface area contributed by atoms with Gasteiger partial charge in [-0.05, 0) is 45.0 Å². The van der Waals surface area contributed by atoms with Crippen LogP contribution in [-0.4, -0.2) is 60.9 Å². The van der Waals surface area contributed by atoms with Crippen molar-refractivity contribution in [1.29, 1.82) is 0 Å². The standard InChI is InChI=1S/C18H26FNO2.C4H4O4/c1-17(2)10-12-6-7-14(19)16(21-5)15(12)18(17)9-8-13(22-18)11-20(3)4;5-3(6)1-2-4(7)8/h6-7,13H,8-11H2,1-5H3;1-2H,(H,5,6)(H,7,8)/b;2-1+. The first kappa shape index (κ1) is 23.8. The highest BCUT2D eigenvalue weighted by Crippen LogP contribution is 2.61. The van der Waals surface area contributed by atoms with Crippen molar-refractivity contribution in [2.24, 2.45) is 5.41 Å². The van der Waals surface area contributed by atoms with Crippen LogP contribution in [0.1, 0.15) is 37.8 Å². The third kappa shape index (κ3) is 4.82. The van der Waals surface area contributed by atoms with E-state index in [0.717, 1.165) is 36.9 Å². The smallest absolute Gasteiger partial charge is 0.328 e. The van der Waals surface area contributed by atoms with Crippen LogP contribution in [0.4, 0.5) is 4.39 Å². The van der Waals surface area contributed by atoms with Gasteiger partial charge >= 0.3 is 11.9 Å². The molecule has 0 saturated carbocycles. The molecule has 1 fully saturated rings. The van der Waals surface area contributed by atoms with Crippen molar-refractivity contribution in [3.63, 3.8) is 0 Å². The molecule has 0 amide bonds. The van der Waals surface area contributed by atoms with Crippen LogP contribution < -0.4 is 4.74 Å². The van der Waals surface area contributed by atoms with Gasteiger partial charge in [0.1, 0.15) is 5.60 Å². The Morgan fingerprint density at radius 3 is 2.37 bits per heavy atom. The molecule has 2 N–H and O–H groups in total. The molecular formula is C22H30FNO6. The lowest BCUT2D eigenvalue weighted by atomic mass is 9.73. The lowest BCUT2D eigenvalue weighted by molar-refractivity contribution is -0.134. The van der Waals surface area contributed by atoms with Gasteiger partial charge in [-0.3, -0.25) is 0 Å². The van der Waals surface area contributed by atoms with E-state index in [1.54, 1.807) is 7.11 Å². The summed E-state index contributed by atoms with van der Waals surface area (Å²) in [6, 6.07) is 3.41. The maximum absolute atomic E-state index is 14.3. The van der Waals surface area contributed by atoms with Gasteiger partial charge in [-0.2, -0.15) is 0 Å². The van der Waals surface area contributed by atoms with Crippen LogP contribution in [0.25, 0.3) is 0 Å². The third-order valence-corrected chi connectivity index (χ3v) is 5.65. The van der Waals surface area contributed by atoms with Crippen LogP contribution in [0.2, 0.25) is 0 Å². The molecular weight excluding hydrogens is 393 g/mol. The van der Waals surface area contributed by atoms with Gasteiger partial charge < -0.3 is 24.6 Å². The zero-order valence-electron chi connectivity index (χ0n) is 18.1. The first-order valence-electron chi connectivity index (χ1n) is 9.76. The first-order chi connectivity index (χ1) is 13.9. The molecule has 8 heteroatoms. The number of fused-ring (bicyclic) bond motifs is 2. The van der Waals surface area contributed by atoms with Gasteiger partial charge in [0, 0.05) is 29.7 Å². The summed E-state index contributed by atoms with van der Waals surface area (Å²) in [6.45, 7) is 5.34. The second-order valence-electron chi connectivity index (χ2n) is 8.55. The number of hydrogen-bond donors (Lipinski definition) is 2. The van der Waals surface area contributed by atoms with E-state index in [1.165, 1.54) is 6.07 Å². The fraction of sp³-hybridized carbons (Fsp3) is 0.545. The number of methoxy groups -OCH3 is 1. The minimum Gasteiger partial charge on any atom is -0.493 e. The highest BCUT2D eigenvalue weighted by molar-refractivity contribution is 5.89. The molecule has 30 heavy (non-hydrogen) atoms. The molecule has 2 aliphatic rings. The summed E-state index contributed by atoms with van der Waals surface area (Å²) in [7, 11) is 5.66. The molecule has 166 valence electrons. The highest BCUT2D eigenvalue weighted by Gasteiger charge is 2.58. The minimum atomic E-state index is -1.26. The Morgan fingerprint density at radius 1 is 1.27 bits per heavy atom. The van der Waals surface area contributed by atoms with Crippen molar-refractivity contribution in [2.75, 3.05) is 27.7 Å². The molecule has 2 atom stereocenters. The van der Waals surface area contributed by atoms with Gasteiger partial charge in [0.2, 0.25) is 0 Å². The van der Waals surface area contributed by atoms with Crippen molar-refractivity contribution in [1.82, 2.24) is 4.90 Å². The molecule has 0 radical (unpaired) electrons. The molecule has 0 aromatic heterocycles. The zero-order valence-corrected chi connectivity index (χ0v) is 18.1. The van der Waals surface area contributed by atoms with Crippen molar-refractivity contribution >= 4 is 11.9 Å². The van der Waals surface area contributed by atoms with Gasteiger partial charge in [0.15, 0.2) is 11.6 Å². The Morgan fingerprint density at radius 2 is 1.87 bits per heavy atom. The molecule has 0 bridgehead atoms. The molecule has 1 heterocycles. The van der Waals surface area contributed by atoms with E-state index in [2.05, 4.69) is 32.8 Å². The maximum atomic E-state index is 14.3. The van der Waals surface area contributed by atoms with Crippen LogP contribution in [0.5, 0.6) is 5.75 Å². The highest BCUT2D eigenvalue weighted by atomic mass is 19.1. The molecule has 7 nitrogen and oxygen atoms in total. The van der Waals surface area contributed by atoms with E-state index in [-0.39, 0.29) is 17.3 Å². The normalized spacial score (nSPS) is 24.0. The Hall–Kier alpha value is -2.45. The van der Waals surface area contributed by atoms with Crippen molar-refractivity contribution in [3.8, 4) is 5.75 Å². The second kappa shape index (κ2) is 9.14. The maximum Gasteiger partial charge on any atom is 0.328 e. The van der Waals surface area contributed by atoms with Gasteiger partial charge in [-0.15, -0.1) is 0 Å². The van der Waals surface area contributed by atoms with E-state index in [0.29, 0.717) is 17.9 Å². The monoisotopic (exact) mass is 423 g/mol. The fourth-order valence-electron chi connectivity index (χ4n) is 4.47. The van der Waals surface area contributed by atoms with Crippen LogP contribution in [0.3, 0.4) is 0 Å². The number of halogens is 1. The molecule has 3 rings (SSSR count). The molecule has 1 saturated heterocycles. The number of nitrogens with zero attached hydrogens (tertiary/aromatic N) is 1. The molecule has 1 aromatic rings. The average Bonchev–Trinajstić information content (AvgIpc) is 3.14.